The Balaban J connectivity index is 1.79. The Morgan fingerprint density at radius 2 is 1.90 bits per heavy atom. The van der Waals surface area contributed by atoms with Crippen molar-refractivity contribution in [2.75, 3.05) is 0 Å². The first-order chi connectivity index (χ1) is 9.74. The van der Waals surface area contributed by atoms with Crippen LogP contribution in [0.15, 0.2) is 47.0 Å². The fraction of sp³-hybridized carbons (Fsp3) is 0.250. The molecule has 20 heavy (non-hydrogen) atoms. The van der Waals surface area contributed by atoms with Gasteiger partial charge in [0.25, 0.3) is 0 Å². The van der Waals surface area contributed by atoms with Gasteiger partial charge in [0, 0.05) is 5.92 Å². The Kier molecular flexibility index (Phi) is 3.37. The fourth-order valence-electron chi connectivity index (χ4n) is 2.07. The topological polar surface area (TPSA) is 48.2 Å². The van der Waals surface area contributed by atoms with Crippen molar-refractivity contribution >= 4 is 10.8 Å². The van der Waals surface area contributed by atoms with Gasteiger partial charge in [0.2, 0.25) is 0 Å². The first-order valence-corrected chi connectivity index (χ1v) is 6.67. The van der Waals surface area contributed by atoms with E-state index in [0.29, 0.717) is 12.4 Å². The van der Waals surface area contributed by atoms with E-state index < -0.39 is 0 Å². The summed E-state index contributed by atoms with van der Waals surface area (Å²) in [6.45, 7) is 4.44. The van der Waals surface area contributed by atoms with Gasteiger partial charge in [-0.25, -0.2) is 0 Å². The molecule has 0 spiro atoms. The summed E-state index contributed by atoms with van der Waals surface area (Å²) >= 11 is 0. The number of hydrogen-bond acceptors (Lipinski definition) is 4. The second-order valence-electron chi connectivity index (χ2n) is 5.00. The molecule has 0 atom stereocenters. The summed E-state index contributed by atoms with van der Waals surface area (Å²) in [6, 6.07) is 14.4. The molecule has 1 heterocycles. The molecule has 0 saturated heterocycles. The molecule has 4 heteroatoms. The van der Waals surface area contributed by atoms with Gasteiger partial charge in [0.05, 0.1) is 0 Å². The van der Waals surface area contributed by atoms with Gasteiger partial charge in [0.1, 0.15) is 6.61 Å². The molecule has 0 N–H and O–H groups in total. The van der Waals surface area contributed by atoms with E-state index in [4.69, 9.17) is 9.26 Å². The van der Waals surface area contributed by atoms with E-state index in [-0.39, 0.29) is 12.0 Å². The van der Waals surface area contributed by atoms with Crippen molar-refractivity contribution in [3.05, 3.63) is 53.9 Å². The first-order valence-electron chi connectivity index (χ1n) is 6.67. The number of rotatable bonds is 4. The summed E-state index contributed by atoms with van der Waals surface area (Å²) < 4.78 is 10.7. The lowest BCUT2D eigenvalue weighted by molar-refractivity contribution is 0.195. The molecule has 0 aliphatic carbocycles. The number of benzene rings is 2. The van der Waals surface area contributed by atoms with Crippen molar-refractivity contribution < 1.29 is 9.26 Å². The summed E-state index contributed by atoms with van der Waals surface area (Å²) in [5.74, 6) is 0.895. The molecule has 2 aromatic carbocycles. The molecule has 0 bridgehead atoms. The summed E-state index contributed by atoms with van der Waals surface area (Å²) in [5.41, 5.74) is 1.10. The van der Waals surface area contributed by atoms with Crippen LogP contribution in [0.4, 0.5) is 0 Å². The third-order valence-electron chi connectivity index (χ3n) is 3.17. The minimum Gasteiger partial charge on any atom is -0.444 e. The van der Waals surface area contributed by atoms with E-state index in [2.05, 4.69) is 28.3 Å². The molecule has 3 aromatic rings. The van der Waals surface area contributed by atoms with Crippen LogP contribution >= 0.6 is 0 Å². The van der Waals surface area contributed by atoms with Gasteiger partial charge >= 0.3 is 6.08 Å². The monoisotopic (exact) mass is 268 g/mol. The summed E-state index contributed by atoms with van der Waals surface area (Å²) in [7, 11) is 0. The van der Waals surface area contributed by atoms with Gasteiger partial charge in [0.15, 0.2) is 5.82 Å². The van der Waals surface area contributed by atoms with Crippen LogP contribution in [0.3, 0.4) is 0 Å². The summed E-state index contributed by atoms with van der Waals surface area (Å²) in [4.78, 5) is 4.20. The molecule has 0 fully saturated rings. The van der Waals surface area contributed by atoms with Crippen LogP contribution in [0, 0.1) is 0 Å². The number of nitrogens with zero attached hydrogens (tertiary/aromatic N) is 2. The first kappa shape index (κ1) is 12.7. The molecular formula is C16H16N2O2. The van der Waals surface area contributed by atoms with Crippen molar-refractivity contribution in [2.45, 2.75) is 26.4 Å². The molecule has 0 unspecified atom stereocenters. The standard InChI is InChI=1S/C16H16N2O2/c1-11(2)15-17-16(20-18-15)19-10-13-8-5-7-12-6-3-4-9-14(12)13/h3-9,11H,10H2,1-2H3. The highest BCUT2D eigenvalue weighted by Gasteiger charge is 2.11. The summed E-state index contributed by atoms with van der Waals surface area (Å²) in [5, 5.41) is 6.25. The summed E-state index contributed by atoms with van der Waals surface area (Å²) in [6.07, 6.45) is 0.224. The smallest absolute Gasteiger partial charge is 0.417 e. The number of aromatic nitrogens is 2. The average Bonchev–Trinajstić information content (AvgIpc) is 2.94. The maximum absolute atomic E-state index is 5.59. The van der Waals surface area contributed by atoms with Crippen molar-refractivity contribution in [1.29, 1.82) is 0 Å². The molecule has 0 radical (unpaired) electrons. The van der Waals surface area contributed by atoms with Crippen LogP contribution in [0.25, 0.3) is 10.8 Å². The fourth-order valence-corrected chi connectivity index (χ4v) is 2.07. The second-order valence-corrected chi connectivity index (χ2v) is 5.00. The Bertz CT molecular complexity index is 714. The van der Waals surface area contributed by atoms with E-state index >= 15 is 0 Å². The lowest BCUT2D eigenvalue weighted by Crippen LogP contribution is -1.97. The van der Waals surface area contributed by atoms with Gasteiger partial charge in [-0.1, -0.05) is 61.5 Å². The quantitative estimate of drug-likeness (QED) is 0.719. The Hall–Kier alpha value is -2.36. The highest BCUT2D eigenvalue weighted by molar-refractivity contribution is 5.85. The van der Waals surface area contributed by atoms with E-state index in [1.165, 1.54) is 10.8 Å². The predicted octanol–water partition coefficient (Wildman–Crippen LogP) is 3.93. The van der Waals surface area contributed by atoms with Crippen molar-refractivity contribution in [3.63, 3.8) is 0 Å². The zero-order valence-electron chi connectivity index (χ0n) is 11.5. The van der Waals surface area contributed by atoms with Crippen molar-refractivity contribution in [1.82, 2.24) is 10.1 Å². The highest BCUT2D eigenvalue weighted by atomic mass is 16.6. The van der Waals surface area contributed by atoms with E-state index in [1.54, 1.807) is 0 Å². The maximum Gasteiger partial charge on any atom is 0.417 e. The zero-order valence-corrected chi connectivity index (χ0v) is 11.5. The van der Waals surface area contributed by atoms with Crippen LogP contribution in [0.1, 0.15) is 31.2 Å². The molecule has 0 aliphatic heterocycles. The van der Waals surface area contributed by atoms with E-state index in [0.717, 1.165) is 5.56 Å². The molecule has 102 valence electrons. The van der Waals surface area contributed by atoms with Crippen LogP contribution in [-0.2, 0) is 6.61 Å². The molecule has 0 saturated carbocycles. The van der Waals surface area contributed by atoms with Gasteiger partial charge < -0.3 is 4.74 Å². The van der Waals surface area contributed by atoms with Gasteiger partial charge in [-0.15, -0.1) is 0 Å². The van der Waals surface area contributed by atoms with Gasteiger partial charge in [-0.05, 0) is 16.3 Å². The SMILES string of the molecule is CC(C)c1noc(OCc2cccc3ccccc23)n1. The Morgan fingerprint density at radius 1 is 1.10 bits per heavy atom. The van der Waals surface area contributed by atoms with Crippen LogP contribution in [0.2, 0.25) is 0 Å². The number of fused-ring (bicyclic) bond motifs is 1. The predicted molar refractivity (Wildman–Crippen MR) is 76.7 cm³/mol. The highest BCUT2D eigenvalue weighted by Crippen LogP contribution is 2.20. The maximum atomic E-state index is 5.59. The van der Waals surface area contributed by atoms with Crippen LogP contribution in [-0.4, -0.2) is 10.1 Å². The van der Waals surface area contributed by atoms with E-state index in [1.807, 2.05) is 38.1 Å². The molecule has 3 rings (SSSR count). The number of hydrogen-bond donors (Lipinski definition) is 0. The molecule has 1 aromatic heterocycles. The van der Waals surface area contributed by atoms with E-state index in [9.17, 15) is 0 Å². The van der Waals surface area contributed by atoms with Gasteiger partial charge in [-0.3, -0.25) is 4.52 Å². The Labute approximate surface area is 117 Å². The largest absolute Gasteiger partial charge is 0.444 e. The molecule has 4 nitrogen and oxygen atoms in total. The van der Waals surface area contributed by atoms with Crippen LogP contribution < -0.4 is 4.74 Å². The third kappa shape index (κ3) is 2.50. The van der Waals surface area contributed by atoms with Crippen molar-refractivity contribution in [2.24, 2.45) is 0 Å². The second kappa shape index (κ2) is 5.33. The molecule has 0 amide bonds. The zero-order chi connectivity index (χ0) is 13.9. The number of ether oxygens (including phenoxy) is 1. The van der Waals surface area contributed by atoms with Gasteiger partial charge in [-0.2, -0.15) is 4.98 Å². The van der Waals surface area contributed by atoms with Crippen molar-refractivity contribution in [3.8, 4) is 6.08 Å². The average molecular weight is 268 g/mol. The lowest BCUT2D eigenvalue weighted by Gasteiger charge is -2.05. The van der Waals surface area contributed by atoms with Crippen LogP contribution in [0.5, 0.6) is 6.08 Å². The molecular weight excluding hydrogens is 252 g/mol. The minimum absolute atomic E-state index is 0.224. The molecule has 0 aliphatic rings. The third-order valence-corrected chi connectivity index (χ3v) is 3.17. The Morgan fingerprint density at radius 3 is 2.70 bits per heavy atom. The minimum atomic E-state index is 0.224. The normalized spacial score (nSPS) is 11.2. The lowest BCUT2D eigenvalue weighted by atomic mass is 10.1.